The molecule has 0 spiro atoms. The van der Waals surface area contributed by atoms with E-state index in [9.17, 15) is 9.59 Å². The van der Waals surface area contributed by atoms with Crippen LogP contribution in [0.3, 0.4) is 0 Å². The number of amides is 2. The van der Waals surface area contributed by atoms with Gasteiger partial charge in [0.2, 0.25) is 0 Å². The normalized spacial score (nSPS) is 16.1. The Morgan fingerprint density at radius 2 is 1.82 bits per heavy atom. The second kappa shape index (κ2) is 7.27. The molecule has 1 saturated heterocycles. The lowest BCUT2D eigenvalue weighted by Crippen LogP contribution is -2.51. The standard InChI is InChI=1S/C12H23N3O2/c1-3-10(4-2)9-14-11(16)12(17)15-7-5-13-6-8-15/h10,13H,3-9H2,1-2H3,(H,14,16). The van der Waals surface area contributed by atoms with Crippen molar-refractivity contribution < 1.29 is 9.59 Å². The summed E-state index contributed by atoms with van der Waals surface area (Å²) in [6, 6.07) is 0. The van der Waals surface area contributed by atoms with Gasteiger partial charge in [0, 0.05) is 32.7 Å². The molecule has 0 aromatic heterocycles. The smallest absolute Gasteiger partial charge is 0.311 e. The van der Waals surface area contributed by atoms with Gasteiger partial charge in [-0.1, -0.05) is 26.7 Å². The van der Waals surface area contributed by atoms with E-state index in [1.165, 1.54) is 0 Å². The van der Waals surface area contributed by atoms with Crippen molar-refractivity contribution in [1.82, 2.24) is 15.5 Å². The van der Waals surface area contributed by atoms with E-state index in [4.69, 9.17) is 0 Å². The molecule has 5 nitrogen and oxygen atoms in total. The van der Waals surface area contributed by atoms with Crippen molar-refractivity contribution in [2.75, 3.05) is 32.7 Å². The molecule has 17 heavy (non-hydrogen) atoms. The van der Waals surface area contributed by atoms with Crippen LogP contribution in [-0.2, 0) is 9.59 Å². The number of carbonyl (C=O) groups is 2. The first-order chi connectivity index (χ1) is 8.19. The second-order valence-corrected chi connectivity index (χ2v) is 4.43. The van der Waals surface area contributed by atoms with Crippen LogP contribution in [-0.4, -0.2) is 49.4 Å². The zero-order chi connectivity index (χ0) is 12.7. The van der Waals surface area contributed by atoms with Crippen LogP contribution in [0.4, 0.5) is 0 Å². The molecular weight excluding hydrogens is 218 g/mol. The number of hydrogen-bond acceptors (Lipinski definition) is 3. The molecule has 1 heterocycles. The molecule has 98 valence electrons. The Labute approximate surface area is 103 Å². The molecule has 1 rings (SSSR count). The van der Waals surface area contributed by atoms with E-state index >= 15 is 0 Å². The predicted octanol–water partition coefficient (Wildman–Crippen LogP) is -0.0294. The second-order valence-electron chi connectivity index (χ2n) is 4.43. The van der Waals surface area contributed by atoms with Crippen LogP contribution >= 0.6 is 0 Å². The SMILES string of the molecule is CCC(CC)CNC(=O)C(=O)N1CCNCC1. The molecule has 0 bridgehead atoms. The highest BCUT2D eigenvalue weighted by atomic mass is 16.2. The number of rotatable bonds is 4. The van der Waals surface area contributed by atoms with E-state index < -0.39 is 11.8 Å². The number of nitrogens with zero attached hydrogens (tertiary/aromatic N) is 1. The summed E-state index contributed by atoms with van der Waals surface area (Å²) in [7, 11) is 0. The van der Waals surface area contributed by atoms with Gasteiger partial charge in [-0.05, 0) is 5.92 Å². The molecule has 1 aliphatic heterocycles. The number of piperazine rings is 1. The van der Waals surface area contributed by atoms with Crippen molar-refractivity contribution in [3.8, 4) is 0 Å². The Balaban J connectivity index is 2.33. The van der Waals surface area contributed by atoms with Crippen molar-refractivity contribution in [1.29, 1.82) is 0 Å². The first-order valence-corrected chi connectivity index (χ1v) is 6.46. The van der Waals surface area contributed by atoms with Gasteiger partial charge in [-0.15, -0.1) is 0 Å². The summed E-state index contributed by atoms with van der Waals surface area (Å²) in [6.45, 7) is 7.58. The lowest BCUT2D eigenvalue weighted by atomic mass is 10.0. The molecule has 0 atom stereocenters. The van der Waals surface area contributed by atoms with Crippen LogP contribution in [0.1, 0.15) is 26.7 Å². The van der Waals surface area contributed by atoms with Crippen molar-refractivity contribution in [2.45, 2.75) is 26.7 Å². The van der Waals surface area contributed by atoms with Crippen LogP contribution in [0.5, 0.6) is 0 Å². The first kappa shape index (κ1) is 14.0. The summed E-state index contributed by atoms with van der Waals surface area (Å²) >= 11 is 0. The molecular formula is C12H23N3O2. The molecule has 0 aromatic rings. The lowest BCUT2D eigenvalue weighted by Gasteiger charge is -2.27. The third-order valence-corrected chi connectivity index (χ3v) is 3.30. The third-order valence-electron chi connectivity index (χ3n) is 3.30. The van der Waals surface area contributed by atoms with E-state index in [2.05, 4.69) is 24.5 Å². The van der Waals surface area contributed by atoms with Crippen molar-refractivity contribution in [2.24, 2.45) is 5.92 Å². The molecule has 2 amide bonds. The third kappa shape index (κ3) is 4.34. The zero-order valence-electron chi connectivity index (χ0n) is 10.8. The molecule has 5 heteroatoms. The Bertz CT molecular complexity index is 258. The van der Waals surface area contributed by atoms with Gasteiger partial charge in [0.05, 0.1) is 0 Å². The molecule has 0 radical (unpaired) electrons. The Hall–Kier alpha value is -1.10. The van der Waals surface area contributed by atoms with Gasteiger partial charge in [0.1, 0.15) is 0 Å². The van der Waals surface area contributed by atoms with Crippen LogP contribution < -0.4 is 10.6 Å². The van der Waals surface area contributed by atoms with E-state index in [1.54, 1.807) is 4.90 Å². The molecule has 0 aromatic carbocycles. The molecule has 0 unspecified atom stereocenters. The topological polar surface area (TPSA) is 61.4 Å². The van der Waals surface area contributed by atoms with Crippen LogP contribution in [0.25, 0.3) is 0 Å². The average molecular weight is 241 g/mol. The van der Waals surface area contributed by atoms with Crippen LogP contribution in [0.2, 0.25) is 0 Å². The molecule has 1 fully saturated rings. The van der Waals surface area contributed by atoms with Gasteiger partial charge in [0.15, 0.2) is 0 Å². The van der Waals surface area contributed by atoms with Gasteiger partial charge in [0.25, 0.3) is 0 Å². The van der Waals surface area contributed by atoms with Gasteiger partial charge in [-0.25, -0.2) is 0 Å². The van der Waals surface area contributed by atoms with E-state index in [0.717, 1.165) is 25.9 Å². The van der Waals surface area contributed by atoms with Gasteiger partial charge < -0.3 is 15.5 Å². The average Bonchev–Trinajstić information content (AvgIpc) is 2.39. The minimum atomic E-state index is -0.459. The largest absolute Gasteiger partial charge is 0.348 e. The lowest BCUT2D eigenvalue weighted by molar-refractivity contribution is -0.146. The zero-order valence-corrected chi connectivity index (χ0v) is 10.8. The predicted molar refractivity (Wildman–Crippen MR) is 66.5 cm³/mol. The highest BCUT2D eigenvalue weighted by molar-refractivity contribution is 6.35. The summed E-state index contributed by atoms with van der Waals surface area (Å²) in [6.07, 6.45) is 2.05. The summed E-state index contributed by atoms with van der Waals surface area (Å²) in [5.41, 5.74) is 0. The van der Waals surface area contributed by atoms with Crippen LogP contribution in [0, 0.1) is 5.92 Å². The maximum atomic E-state index is 11.8. The minimum Gasteiger partial charge on any atom is -0.348 e. The van der Waals surface area contributed by atoms with Gasteiger partial charge in [-0.3, -0.25) is 9.59 Å². The Morgan fingerprint density at radius 3 is 2.35 bits per heavy atom. The highest BCUT2D eigenvalue weighted by Crippen LogP contribution is 2.05. The highest BCUT2D eigenvalue weighted by Gasteiger charge is 2.23. The van der Waals surface area contributed by atoms with Crippen molar-refractivity contribution in [3.63, 3.8) is 0 Å². The minimum absolute atomic E-state index is 0.391. The van der Waals surface area contributed by atoms with E-state index in [0.29, 0.717) is 25.6 Å². The van der Waals surface area contributed by atoms with Crippen LogP contribution in [0.15, 0.2) is 0 Å². The van der Waals surface area contributed by atoms with Crippen molar-refractivity contribution in [3.05, 3.63) is 0 Å². The monoisotopic (exact) mass is 241 g/mol. The fourth-order valence-electron chi connectivity index (χ4n) is 1.90. The Kier molecular flexibility index (Phi) is 5.97. The van der Waals surface area contributed by atoms with E-state index in [1.807, 2.05) is 0 Å². The van der Waals surface area contributed by atoms with Gasteiger partial charge in [-0.2, -0.15) is 0 Å². The molecule has 0 aliphatic carbocycles. The molecule has 2 N–H and O–H groups in total. The quantitative estimate of drug-likeness (QED) is 0.680. The summed E-state index contributed by atoms with van der Waals surface area (Å²) in [4.78, 5) is 25.0. The maximum Gasteiger partial charge on any atom is 0.311 e. The maximum absolute atomic E-state index is 11.8. The summed E-state index contributed by atoms with van der Waals surface area (Å²) in [5.74, 6) is -0.383. The first-order valence-electron chi connectivity index (χ1n) is 6.46. The number of hydrogen-bond donors (Lipinski definition) is 2. The number of carbonyl (C=O) groups excluding carboxylic acids is 2. The fourth-order valence-corrected chi connectivity index (χ4v) is 1.90. The Morgan fingerprint density at radius 1 is 1.24 bits per heavy atom. The number of nitrogens with one attached hydrogen (secondary N) is 2. The van der Waals surface area contributed by atoms with E-state index in [-0.39, 0.29) is 0 Å². The molecule has 0 saturated carbocycles. The fraction of sp³-hybridized carbons (Fsp3) is 0.833. The van der Waals surface area contributed by atoms with Crippen molar-refractivity contribution >= 4 is 11.8 Å². The molecule has 1 aliphatic rings. The summed E-state index contributed by atoms with van der Waals surface area (Å²) in [5, 5.41) is 5.88. The van der Waals surface area contributed by atoms with Gasteiger partial charge >= 0.3 is 11.8 Å². The summed E-state index contributed by atoms with van der Waals surface area (Å²) < 4.78 is 0.